The largest absolute Gasteiger partial charge is 0.481 e. The quantitative estimate of drug-likeness (QED) is 0.322. The van der Waals surface area contributed by atoms with Gasteiger partial charge in [0.2, 0.25) is 0 Å². The predicted octanol–water partition coefficient (Wildman–Crippen LogP) is -2.16. The number of nitrogens with two attached hydrogens (primary N) is 1. The Balaban J connectivity index is 0. The molecule has 0 spiro atoms. The minimum absolute atomic E-state index is 0.142. The molecule has 0 aromatic rings. The average Bonchev–Trinajstić information content (AvgIpc) is 2.01. The van der Waals surface area contributed by atoms with Gasteiger partial charge in [0.15, 0.2) is 0 Å². The lowest BCUT2D eigenvalue weighted by molar-refractivity contribution is -0.147. The molecular weight excluding hydrogens is 182 g/mol. The van der Waals surface area contributed by atoms with Gasteiger partial charge in [-0.15, -0.1) is 0 Å². The monoisotopic (exact) mass is 195 g/mol. The molecule has 0 aliphatic rings. The summed E-state index contributed by atoms with van der Waals surface area (Å²) in [5.41, 5.74) is 4.97. The molecule has 0 heterocycles. The van der Waals surface area contributed by atoms with Crippen molar-refractivity contribution in [1.82, 2.24) is 0 Å². The maximum atomic E-state index is 9.43. The molecule has 13 heavy (non-hydrogen) atoms. The molecule has 0 rings (SSSR count). The summed E-state index contributed by atoms with van der Waals surface area (Å²) in [5, 5.41) is 31.5. The lowest BCUT2D eigenvalue weighted by Gasteiger charge is -1.98. The number of carboxylic acids is 2. The van der Waals surface area contributed by atoms with E-state index in [1.54, 1.807) is 0 Å². The van der Waals surface area contributed by atoms with Gasteiger partial charge in [0.1, 0.15) is 6.42 Å². The fourth-order valence-electron chi connectivity index (χ4n) is 0.187. The topological polar surface area (TPSA) is 141 Å². The Morgan fingerprint density at radius 1 is 1.08 bits per heavy atom. The Morgan fingerprint density at radius 3 is 1.38 bits per heavy atom. The van der Waals surface area contributed by atoms with Crippen LogP contribution in [0.15, 0.2) is 0 Å². The lowest BCUT2D eigenvalue weighted by Crippen LogP contribution is -2.27. The predicted molar refractivity (Wildman–Crippen MR) is 42.0 cm³/mol. The number of aliphatic carboxylic acids is 2. The average molecular weight is 195 g/mol. The molecule has 0 aliphatic heterocycles. The summed E-state index contributed by atoms with van der Waals surface area (Å²) in [4.78, 5) is 18.9. The smallest absolute Gasteiger partial charge is 0.314 e. The van der Waals surface area contributed by atoms with Gasteiger partial charge in [-0.25, -0.2) is 0 Å². The normalized spacial score (nSPS) is 8.92. The third-order valence-electron chi connectivity index (χ3n) is 0.771. The van der Waals surface area contributed by atoms with Crippen molar-refractivity contribution in [1.29, 1.82) is 0 Å². The third kappa shape index (κ3) is 18.1. The van der Waals surface area contributed by atoms with Crippen LogP contribution in [0, 0.1) is 0 Å². The molecule has 0 fully saturated rings. The molecule has 0 unspecified atom stereocenters. The fraction of sp³-hybridized carbons (Fsp3) is 0.667. The first-order valence-corrected chi connectivity index (χ1v) is 3.34. The summed E-state index contributed by atoms with van der Waals surface area (Å²) in [6.07, 6.45) is -0.806. The second-order valence-corrected chi connectivity index (χ2v) is 2.09. The number of carboxylic acid groups (broad SMARTS) is 2. The van der Waals surface area contributed by atoms with Crippen LogP contribution in [0.2, 0.25) is 0 Å². The molecule has 7 heteroatoms. The first-order valence-electron chi connectivity index (χ1n) is 3.34. The summed E-state index contributed by atoms with van der Waals surface area (Å²) in [6.45, 7) is -0.285. The Kier molecular flexibility index (Phi) is 9.84. The van der Waals surface area contributed by atoms with E-state index in [0.717, 1.165) is 0 Å². The Bertz CT molecular complexity index is 143. The van der Waals surface area contributed by atoms with Gasteiger partial charge in [0.05, 0.1) is 19.3 Å². The van der Waals surface area contributed by atoms with Crippen molar-refractivity contribution in [3.63, 3.8) is 0 Å². The minimum atomic E-state index is -1.31. The third-order valence-corrected chi connectivity index (χ3v) is 0.771. The summed E-state index contributed by atoms with van der Waals surface area (Å²) < 4.78 is 0. The van der Waals surface area contributed by atoms with Gasteiger partial charge in [0, 0.05) is 0 Å². The molecule has 0 bridgehead atoms. The standard InChI is InChI=1S/C3H9NO2.C3H4O4/c4-3(1-5)2-6;4-2(5)1-3(6)7/h3,5-6H,1-2,4H2;1H2,(H,4,5)(H,6,7). The van der Waals surface area contributed by atoms with Crippen LogP contribution in [0.5, 0.6) is 0 Å². The van der Waals surface area contributed by atoms with E-state index in [2.05, 4.69) is 0 Å². The highest BCUT2D eigenvalue weighted by atomic mass is 16.4. The molecule has 0 saturated carbocycles. The van der Waals surface area contributed by atoms with E-state index < -0.39 is 24.4 Å². The number of aliphatic hydroxyl groups is 2. The van der Waals surface area contributed by atoms with E-state index in [9.17, 15) is 9.59 Å². The molecule has 0 aromatic heterocycles. The lowest BCUT2D eigenvalue weighted by atomic mass is 10.4. The van der Waals surface area contributed by atoms with Crippen molar-refractivity contribution in [2.45, 2.75) is 12.5 Å². The molecule has 7 nitrogen and oxygen atoms in total. The molecule has 0 aliphatic carbocycles. The van der Waals surface area contributed by atoms with Crippen molar-refractivity contribution in [3.8, 4) is 0 Å². The second kappa shape index (κ2) is 8.91. The molecule has 0 amide bonds. The van der Waals surface area contributed by atoms with Gasteiger partial charge in [-0.2, -0.15) is 0 Å². The molecule has 0 atom stereocenters. The number of aliphatic hydroxyl groups excluding tert-OH is 2. The first-order chi connectivity index (χ1) is 5.93. The van der Waals surface area contributed by atoms with Gasteiger partial charge < -0.3 is 26.2 Å². The van der Waals surface area contributed by atoms with Crippen LogP contribution >= 0.6 is 0 Å². The Labute approximate surface area is 74.4 Å². The van der Waals surface area contributed by atoms with Crippen molar-refractivity contribution < 1.29 is 30.0 Å². The van der Waals surface area contributed by atoms with E-state index in [-0.39, 0.29) is 13.2 Å². The van der Waals surface area contributed by atoms with E-state index in [4.69, 9.17) is 26.2 Å². The highest BCUT2D eigenvalue weighted by molar-refractivity contribution is 5.88. The van der Waals surface area contributed by atoms with Gasteiger partial charge in [-0.05, 0) is 0 Å². The zero-order valence-corrected chi connectivity index (χ0v) is 6.88. The van der Waals surface area contributed by atoms with Gasteiger partial charge in [-0.1, -0.05) is 0 Å². The van der Waals surface area contributed by atoms with E-state index in [1.165, 1.54) is 0 Å². The fourth-order valence-corrected chi connectivity index (χ4v) is 0.187. The van der Waals surface area contributed by atoms with Crippen LogP contribution in [-0.2, 0) is 9.59 Å². The summed E-state index contributed by atoms with van der Waals surface area (Å²) in [6, 6.07) is -0.454. The number of hydrogen-bond acceptors (Lipinski definition) is 5. The van der Waals surface area contributed by atoms with Gasteiger partial charge in [-0.3, -0.25) is 9.59 Å². The number of rotatable bonds is 4. The van der Waals surface area contributed by atoms with Crippen molar-refractivity contribution in [3.05, 3.63) is 0 Å². The second-order valence-electron chi connectivity index (χ2n) is 2.09. The summed E-state index contributed by atoms with van der Waals surface area (Å²) in [7, 11) is 0. The van der Waals surface area contributed by atoms with Crippen LogP contribution in [0.3, 0.4) is 0 Å². The van der Waals surface area contributed by atoms with Crippen LogP contribution in [0.1, 0.15) is 6.42 Å². The zero-order valence-electron chi connectivity index (χ0n) is 6.88. The van der Waals surface area contributed by atoms with Crippen molar-refractivity contribution in [2.24, 2.45) is 5.73 Å². The molecule has 78 valence electrons. The zero-order chi connectivity index (χ0) is 10.9. The van der Waals surface area contributed by atoms with Crippen molar-refractivity contribution >= 4 is 11.9 Å². The van der Waals surface area contributed by atoms with E-state index >= 15 is 0 Å². The highest BCUT2D eigenvalue weighted by Gasteiger charge is 2.01. The van der Waals surface area contributed by atoms with Crippen LogP contribution in [0.25, 0.3) is 0 Å². The molecule has 0 saturated heterocycles. The van der Waals surface area contributed by atoms with Crippen LogP contribution in [0.4, 0.5) is 0 Å². The van der Waals surface area contributed by atoms with Crippen LogP contribution in [-0.4, -0.2) is 51.6 Å². The summed E-state index contributed by atoms with van der Waals surface area (Å²) in [5.74, 6) is -2.62. The Morgan fingerprint density at radius 2 is 1.38 bits per heavy atom. The van der Waals surface area contributed by atoms with Crippen molar-refractivity contribution in [2.75, 3.05) is 13.2 Å². The minimum Gasteiger partial charge on any atom is -0.481 e. The highest BCUT2D eigenvalue weighted by Crippen LogP contribution is 1.74. The van der Waals surface area contributed by atoms with Gasteiger partial charge >= 0.3 is 11.9 Å². The Hall–Kier alpha value is -1.18. The van der Waals surface area contributed by atoms with E-state index in [0.29, 0.717) is 0 Å². The summed E-state index contributed by atoms with van der Waals surface area (Å²) >= 11 is 0. The molecular formula is C6H13NO6. The number of hydrogen-bond donors (Lipinski definition) is 5. The number of carbonyl (C=O) groups is 2. The maximum Gasteiger partial charge on any atom is 0.314 e. The SMILES string of the molecule is NC(CO)CO.O=C(O)CC(=O)O. The van der Waals surface area contributed by atoms with E-state index in [1.807, 2.05) is 0 Å². The first kappa shape index (κ1) is 14.3. The van der Waals surface area contributed by atoms with Gasteiger partial charge in [0.25, 0.3) is 0 Å². The molecule has 6 N–H and O–H groups in total. The molecule has 0 radical (unpaired) electrons. The van der Waals surface area contributed by atoms with Crippen LogP contribution < -0.4 is 5.73 Å². The molecule has 0 aromatic carbocycles. The maximum absolute atomic E-state index is 9.43.